The molecule has 1 aliphatic rings. The first-order valence-corrected chi connectivity index (χ1v) is 11.5. The minimum Gasteiger partial charge on any atom is -0.467 e. The number of amides is 2. The molecule has 0 aromatic heterocycles. The van der Waals surface area contributed by atoms with Crippen molar-refractivity contribution in [3.8, 4) is 0 Å². The number of nitrogens with zero attached hydrogens (tertiary/aromatic N) is 2. The van der Waals surface area contributed by atoms with E-state index in [2.05, 4.69) is 10.3 Å². The molecule has 1 aliphatic heterocycles. The van der Waals surface area contributed by atoms with Gasteiger partial charge in [-0.3, -0.25) is 19.5 Å². The first-order chi connectivity index (χ1) is 15.5. The van der Waals surface area contributed by atoms with Crippen LogP contribution >= 0.6 is 11.8 Å². The molecule has 9 heteroatoms. The number of carbonyl (C=O) groups excluding carboxylic acids is 3. The molecule has 32 heavy (non-hydrogen) atoms. The number of methoxy groups -OCH3 is 1. The molecule has 0 aliphatic carbocycles. The molecule has 2 atom stereocenters. The fourth-order valence-corrected chi connectivity index (χ4v) is 3.92. The van der Waals surface area contributed by atoms with Gasteiger partial charge in [-0.2, -0.15) is 11.8 Å². The molecule has 2 aromatic rings. The predicted octanol–water partition coefficient (Wildman–Crippen LogP) is 1.57. The molecular weight excluding hydrogens is 428 g/mol. The molecule has 2 aromatic carbocycles. The number of para-hydroxylation sites is 1. The molecule has 0 saturated heterocycles. The Labute approximate surface area is 191 Å². The monoisotopic (exact) mass is 454 g/mol. The topological polar surface area (TPSA) is 114 Å². The number of anilines is 1. The van der Waals surface area contributed by atoms with E-state index in [1.807, 2.05) is 48.7 Å². The molecule has 0 spiro atoms. The minimum atomic E-state index is -1.17. The van der Waals surface area contributed by atoms with Crippen LogP contribution in [0.3, 0.4) is 0 Å². The number of hydrogen-bond donors (Lipinski definition) is 2. The van der Waals surface area contributed by atoms with E-state index in [-0.39, 0.29) is 6.54 Å². The third kappa shape index (κ3) is 5.35. The van der Waals surface area contributed by atoms with E-state index in [9.17, 15) is 14.4 Å². The molecule has 0 saturated carbocycles. The van der Waals surface area contributed by atoms with Gasteiger partial charge >= 0.3 is 5.97 Å². The van der Waals surface area contributed by atoms with E-state index in [1.54, 1.807) is 23.9 Å². The lowest BCUT2D eigenvalue weighted by Crippen LogP contribution is -2.50. The molecule has 0 bridgehead atoms. The van der Waals surface area contributed by atoms with E-state index < -0.39 is 30.0 Å². The number of benzodiazepines with no additional fused rings is 1. The highest BCUT2D eigenvalue weighted by Gasteiger charge is 2.32. The van der Waals surface area contributed by atoms with Crippen molar-refractivity contribution in [2.75, 3.05) is 30.6 Å². The van der Waals surface area contributed by atoms with Crippen molar-refractivity contribution in [2.24, 2.45) is 10.7 Å². The van der Waals surface area contributed by atoms with Gasteiger partial charge in [0.1, 0.15) is 12.6 Å². The lowest BCUT2D eigenvalue weighted by atomic mass is 10.0. The van der Waals surface area contributed by atoms with Gasteiger partial charge in [0, 0.05) is 11.1 Å². The largest absolute Gasteiger partial charge is 0.467 e. The van der Waals surface area contributed by atoms with Crippen LogP contribution in [0, 0.1) is 0 Å². The summed E-state index contributed by atoms with van der Waals surface area (Å²) < 4.78 is 4.80. The number of ether oxygens (including phenoxy) is 1. The molecule has 0 radical (unpaired) electrons. The zero-order chi connectivity index (χ0) is 23.1. The maximum absolute atomic E-state index is 13.1. The maximum atomic E-state index is 13.1. The van der Waals surface area contributed by atoms with E-state index >= 15 is 0 Å². The standard InChI is InChI=1S/C23H26N4O4S/c1-31-23(30)17(12-13-32-2)25-19(28)14-27-18-11-7-6-10-16(18)20(26-21(24)22(27)29)15-8-4-3-5-9-15/h3-11,17,21H,12-14,24H2,1-2H3,(H,25,28)/t17-,21?/m0/s1. The summed E-state index contributed by atoms with van der Waals surface area (Å²) in [7, 11) is 1.27. The van der Waals surface area contributed by atoms with Crippen LogP contribution in [0.2, 0.25) is 0 Å². The summed E-state index contributed by atoms with van der Waals surface area (Å²) in [5.41, 5.74) is 8.72. The zero-order valence-corrected chi connectivity index (χ0v) is 18.8. The quantitative estimate of drug-likeness (QED) is 0.585. The van der Waals surface area contributed by atoms with Crippen LogP contribution in [0.5, 0.6) is 0 Å². The summed E-state index contributed by atoms with van der Waals surface area (Å²) in [5, 5.41) is 2.68. The Morgan fingerprint density at radius 2 is 1.88 bits per heavy atom. The number of fused-ring (bicyclic) bond motifs is 1. The van der Waals surface area contributed by atoms with Gasteiger partial charge in [-0.15, -0.1) is 0 Å². The number of esters is 1. The Kier molecular flexibility index (Phi) is 8.02. The highest BCUT2D eigenvalue weighted by atomic mass is 32.2. The predicted molar refractivity (Wildman–Crippen MR) is 126 cm³/mol. The Morgan fingerprint density at radius 3 is 2.56 bits per heavy atom. The second kappa shape index (κ2) is 10.9. The zero-order valence-electron chi connectivity index (χ0n) is 18.0. The fraction of sp³-hybridized carbons (Fsp3) is 0.304. The molecule has 2 amide bonds. The Bertz CT molecular complexity index is 1010. The van der Waals surface area contributed by atoms with Gasteiger partial charge < -0.3 is 15.8 Å². The Hall–Kier alpha value is -3.17. The van der Waals surface area contributed by atoms with Gasteiger partial charge in [-0.05, 0) is 24.5 Å². The molecule has 168 valence electrons. The van der Waals surface area contributed by atoms with Gasteiger partial charge in [-0.1, -0.05) is 48.5 Å². The highest BCUT2D eigenvalue weighted by molar-refractivity contribution is 7.98. The number of hydrogen-bond acceptors (Lipinski definition) is 7. The summed E-state index contributed by atoms with van der Waals surface area (Å²) >= 11 is 1.56. The van der Waals surface area contributed by atoms with Crippen LogP contribution in [0.15, 0.2) is 59.6 Å². The van der Waals surface area contributed by atoms with Crippen LogP contribution in [0.4, 0.5) is 5.69 Å². The van der Waals surface area contributed by atoms with E-state index in [0.29, 0.717) is 29.1 Å². The Balaban J connectivity index is 1.90. The Morgan fingerprint density at radius 1 is 1.19 bits per heavy atom. The fourth-order valence-electron chi connectivity index (χ4n) is 3.45. The number of rotatable bonds is 8. The van der Waals surface area contributed by atoms with Crippen molar-refractivity contribution in [1.29, 1.82) is 0 Å². The van der Waals surface area contributed by atoms with Crippen molar-refractivity contribution in [2.45, 2.75) is 18.6 Å². The van der Waals surface area contributed by atoms with Crippen molar-refractivity contribution in [3.63, 3.8) is 0 Å². The molecule has 0 fully saturated rings. The summed E-state index contributed by atoms with van der Waals surface area (Å²) in [6, 6.07) is 15.9. The van der Waals surface area contributed by atoms with E-state index in [4.69, 9.17) is 10.5 Å². The van der Waals surface area contributed by atoms with Gasteiger partial charge in [0.15, 0.2) is 6.17 Å². The van der Waals surface area contributed by atoms with Crippen LogP contribution in [-0.4, -0.2) is 61.4 Å². The molecule has 8 nitrogen and oxygen atoms in total. The minimum absolute atomic E-state index is 0.298. The van der Waals surface area contributed by atoms with Crippen molar-refractivity contribution < 1.29 is 19.1 Å². The third-order valence-electron chi connectivity index (χ3n) is 5.02. The smallest absolute Gasteiger partial charge is 0.328 e. The number of nitrogens with two attached hydrogens (primary N) is 1. The molecule has 3 N–H and O–H groups in total. The average Bonchev–Trinajstić information content (AvgIpc) is 2.92. The normalized spacial score (nSPS) is 16.5. The van der Waals surface area contributed by atoms with Crippen LogP contribution < -0.4 is 16.0 Å². The number of thioether (sulfide) groups is 1. The van der Waals surface area contributed by atoms with Gasteiger partial charge in [0.2, 0.25) is 5.91 Å². The molecule has 3 rings (SSSR count). The second-order valence-corrected chi connectivity index (χ2v) is 8.14. The maximum Gasteiger partial charge on any atom is 0.328 e. The summed E-state index contributed by atoms with van der Waals surface area (Å²) in [6.07, 6.45) is 1.16. The molecule has 1 unspecified atom stereocenters. The summed E-state index contributed by atoms with van der Waals surface area (Å²) in [5.74, 6) is -0.844. The SMILES string of the molecule is COC(=O)[C@H](CCSC)NC(=O)CN1C(=O)C(N)N=C(c2ccccc2)c2ccccc21. The van der Waals surface area contributed by atoms with Gasteiger partial charge in [0.25, 0.3) is 5.91 Å². The average molecular weight is 455 g/mol. The van der Waals surface area contributed by atoms with Crippen LogP contribution in [0.25, 0.3) is 0 Å². The first kappa shape index (κ1) is 23.5. The first-order valence-electron chi connectivity index (χ1n) is 10.1. The molecule has 1 heterocycles. The van der Waals surface area contributed by atoms with Crippen LogP contribution in [-0.2, 0) is 19.1 Å². The number of benzene rings is 2. The lowest BCUT2D eigenvalue weighted by molar-refractivity contribution is -0.145. The third-order valence-corrected chi connectivity index (χ3v) is 5.66. The summed E-state index contributed by atoms with van der Waals surface area (Å²) in [6.45, 7) is -0.298. The molecular formula is C23H26N4O4S. The van der Waals surface area contributed by atoms with Crippen LogP contribution in [0.1, 0.15) is 17.5 Å². The number of aliphatic imine (C=N–C) groups is 1. The number of nitrogens with one attached hydrogen (secondary N) is 1. The van der Waals surface area contributed by atoms with Crippen molar-refractivity contribution in [1.82, 2.24) is 5.32 Å². The van der Waals surface area contributed by atoms with E-state index in [0.717, 1.165) is 5.56 Å². The number of carbonyl (C=O) groups is 3. The second-order valence-electron chi connectivity index (χ2n) is 7.15. The highest BCUT2D eigenvalue weighted by Crippen LogP contribution is 2.27. The van der Waals surface area contributed by atoms with Gasteiger partial charge in [-0.25, -0.2) is 4.79 Å². The van der Waals surface area contributed by atoms with E-state index in [1.165, 1.54) is 12.0 Å². The lowest BCUT2D eigenvalue weighted by Gasteiger charge is -2.25. The summed E-state index contributed by atoms with van der Waals surface area (Å²) in [4.78, 5) is 43.8. The van der Waals surface area contributed by atoms with Gasteiger partial charge in [0.05, 0.1) is 18.5 Å². The van der Waals surface area contributed by atoms with Crippen molar-refractivity contribution >= 4 is 40.9 Å². The van der Waals surface area contributed by atoms with Crippen molar-refractivity contribution in [3.05, 3.63) is 65.7 Å².